The number of thiophene rings is 1. The number of carbonyl (C=O) groups excluding carboxylic acids is 2. The van der Waals surface area contributed by atoms with Crippen LogP contribution in [0.4, 0.5) is 0 Å². The zero-order valence-electron chi connectivity index (χ0n) is 22.9. The van der Waals surface area contributed by atoms with Crippen molar-refractivity contribution in [3.63, 3.8) is 0 Å². The van der Waals surface area contributed by atoms with Gasteiger partial charge in [0.05, 0.1) is 35.6 Å². The van der Waals surface area contributed by atoms with Gasteiger partial charge in [-0.15, -0.1) is 11.3 Å². The summed E-state index contributed by atoms with van der Waals surface area (Å²) in [5, 5.41) is 1.92. The van der Waals surface area contributed by atoms with Crippen LogP contribution < -0.4 is 24.4 Å². The lowest BCUT2D eigenvalue weighted by atomic mass is 9.99. The lowest BCUT2D eigenvalue weighted by molar-refractivity contribution is -0.145. The van der Waals surface area contributed by atoms with E-state index in [9.17, 15) is 14.4 Å². The Balaban J connectivity index is 1.80. The molecule has 0 unspecified atom stereocenters. The SMILES string of the molecule is CCCC1=C(C(=O)OCC)[C@H](c2cccs2)n2c(s/c(=C\c3ccc(OCC(=O)OCC)c(OCC)c3)c2=O)=N1. The van der Waals surface area contributed by atoms with E-state index >= 15 is 0 Å². The van der Waals surface area contributed by atoms with Crippen LogP contribution in [0.25, 0.3) is 6.08 Å². The maximum absolute atomic E-state index is 13.8. The van der Waals surface area contributed by atoms with Crippen LogP contribution in [-0.4, -0.2) is 42.9 Å². The molecule has 4 rings (SSSR count). The fourth-order valence-electron chi connectivity index (χ4n) is 4.33. The highest BCUT2D eigenvalue weighted by Crippen LogP contribution is 2.34. The Bertz CT molecular complexity index is 1570. The van der Waals surface area contributed by atoms with E-state index in [1.54, 1.807) is 42.7 Å². The van der Waals surface area contributed by atoms with Gasteiger partial charge < -0.3 is 18.9 Å². The molecule has 11 heteroatoms. The number of allylic oxidation sites excluding steroid dienone is 1. The molecule has 0 radical (unpaired) electrons. The summed E-state index contributed by atoms with van der Waals surface area (Å²) in [6, 6.07) is 8.44. The smallest absolute Gasteiger partial charge is 0.344 e. The van der Waals surface area contributed by atoms with Crippen LogP contribution in [0.5, 0.6) is 11.5 Å². The Morgan fingerprint density at radius 1 is 1.02 bits per heavy atom. The molecule has 3 aromatic rings. The highest BCUT2D eigenvalue weighted by Gasteiger charge is 2.34. The lowest BCUT2D eigenvalue weighted by Gasteiger charge is -2.24. The number of fused-ring (bicyclic) bond motifs is 1. The quantitative estimate of drug-likeness (QED) is 0.297. The number of rotatable bonds is 12. The Hall–Kier alpha value is -3.70. The Kier molecular flexibility index (Phi) is 9.94. The van der Waals surface area contributed by atoms with E-state index in [1.165, 1.54) is 22.7 Å². The molecule has 1 atom stereocenters. The monoisotopic (exact) mass is 584 g/mol. The fourth-order valence-corrected chi connectivity index (χ4v) is 6.17. The summed E-state index contributed by atoms with van der Waals surface area (Å²) in [6.07, 6.45) is 3.14. The van der Waals surface area contributed by atoms with Crippen molar-refractivity contribution in [3.8, 4) is 11.5 Å². The topological polar surface area (TPSA) is 105 Å². The first-order valence-electron chi connectivity index (χ1n) is 13.2. The second kappa shape index (κ2) is 13.6. The maximum Gasteiger partial charge on any atom is 0.344 e. The van der Waals surface area contributed by atoms with Gasteiger partial charge in [-0.3, -0.25) is 9.36 Å². The highest BCUT2D eigenvalue weighted by atomic mass is 32.1. The van der Waals surface area contributed by atoms with Crippen LogP contribution in [0, 0.1) is 0 Å². The van der Waals surface area contributed by atoms with Crippen molar-refractivity contribution in [2.75, 3.05) is 26.4 Å². The molecule has 1 aliphatic heterocycles. The normalized spacial score (nSPS) is 14.9. The van der Waals surface area contributed by atoms with Gasteiger partial charge in [-0.05, 0) is 62.4 Å². The van der Waals surface area contributed by atoms with Gasteiger partial charge in [-0.1, -0.05) is 36.8 Å². The summed E-state index contributed by atoms with van der Waals surface area (Å²) in [5.41, 5.74) is 1.52. The Labute approximate surface area is 240 Å². The van der Waals surface area contributed by atoms with E-state index in [0.717, 1.165) is 11.3 Å². The molecule has 9 nitrogen and oxygen atoms in total. The van der Waals surface area contributed by atoms with Crippen molar-refractivity contribution >= 4 is 40.7 Å². The second-order valence-electron chi connectivity index (χ2n) is 8.66. The largest absolute Gasteiger partial charge is 0.490 e. The van der Waals surface area contributed by atoms with Crippen LogP contribution in [0.15, 0.2) is 56.8 Å². The van der Waals surface area contributed by atoms with Gasteiger partial charge >= 0.3 is 11.9 Å². The predicted octanol–water partition coefficient (Wildman–Crippen LogP) is 3.98. The number of hydrogen-bond donors (Lipinski definition) is 0. The first kappa shape index (κ1) is 29.3. The molecule has 212 valence electrons. The summed E-state index contributed by atoms with van der Waals surface area (Å²) in [7, 11) is 0. The average Bonchev–Trinajstić information content (AvgIpc) is 3.57. The highest BCUT2D eigenvalue weighted by molar-refractivity contribution is 7.10. The van der Waals surface area contributed by atoms with Crippen LogP contribution >= 0.6 is 22.7 Å². The second-order valence-corrected chi connectivity index (χ2v) is 10.7. The summed E-state index contributed by atoms with van der Waals surface area (Å²) in [6.45, 7) is 8.01. The summed E-state index contributed by atoms with van der Waals surface area (Å²) in [5.74, 6) is -0.0867. The first-order chi connectivity index (χ1) is 19.4. The third-order valence-electron chi connectivity index (χ3n) is 5.92. The van der Waals surface area contributed by atoms with Crippen LogP contribution in [0.3, 0.4) is 0 Å². The standard InChI is InChI=1S/C29H32N2O7S2/c1-5-10-19-25(28(34)37-8-4)26(22-11-9-14-39-22)31-27(33)23(40-29(31)30-19)16-18-12-13-20(21(15-18)35-6-2)38-17-24(32)36-7-3/h9,11-16,26H,5-8,10,17H2,1-4H3/b23-16-/t26-/m0/s1. The number of esters is 2. The number of benzene rings is 1. The zero-order valence-corrected chi connectivity index (χ0v) is 24.6. The van der Waals surface area contributed by atoms with E-state index in [1.807, 2.05) is 31.4 Å². The molecular formula is C29H32N2O7S2. The third kappa shape index (κ3) is 6.37. The maximum atomic E-state index is 13.8. The third-order valence-corrected chi connectivity index (χ3v) is 7.83. The van der Waals surface area contributed by atoms with E-state index < -0.39 is 18.0 Å². The number of aromatic nitrogens is 1. The summed E-state index contributed by atoms with van der Waals surface area (Å²) >= 11 is 2.75. The van der Waals surface area contributed by atoms with Crippen molar-refractivity contribution in [1.82, 2.24) is 4.57 Å². The van der Waals surface area contributed by atoms with Gasteiger partial charge in [0.1, 0.15) is 6.04 Å². The molecule has 0 aliphatic carbocycles. The molecule has 0 fully saturated rings. The van der Waals surface area contributed by atoms with Gasteiger partial charge in [0.2, 0.25) is 0 Å². The number of hydrogen-bond acceptors (Lipinski definition) is 10. The fraction of sp³-hybridized carbons (Fsp3) is 0.379. The van der Waals surface area contributed by atoms with Crippen molar-refractivity contribution in [1.29, 1.82) is 0 Å². The van der Waals surface area contributed by atoms with Crippen molar-refractivity contribution in [3.05, 3.63) is 77.1 Å². The van der Waals surface area contributed by atoms with E-state index in [0.29, 0.717) is 50.7 Å². The molecule has 0 saturated carbocycles. The summed E-state index contributed by atoms with van der Waals surface area (Å²) in [4.78, 5) is 44.9. The lowest BCUT2D eigenvalue weighted by Crippen LogP contribution is -2.39. The van der Waals surface area contributed by atoms with Crippen LogP contribution in [0.1, 0.15) is 57.0 Å². The summed E-state index contributed by atoms with van der Waals surface area (Å²) < 4.78 is 23.7. The molecule has 0 amide bonds. The van der Waals surface area contributed by atoms with E-state index in [-0.39, 0.29) is 25.4 Å². The number of ether oxygens (including phenoxy) is 4. The number of thiazole rings is 1. The minimum absolute atomic E-state index is 0.227. The minimum Gasteiger partial charge on any atom is -0.490 e. The van der Waals surface area contributed by atoms with Crippen molar-refractivity contribution < 1.29 is 28.5 Å². The van der Waals surface area contributed by atoms with Gasteiger partial charge in [-0.2, -0.15) is 0 Å². The molecule has 40 heavy (non-hydrogen) atoms. The minimum atomic E-state index is -0.614. The van der Waals surface area contributed by atoms with Gasteiger partial charge in [-0.25, -0.2) is 14.6 Å². The predicted molar refractivity (Wildman–Crippen MR) is 154 cm³/mol. The molecule has 3 heterocycles. The molecule has 1 aromatic carbocycles. The molecule has 1 aliphatic rings. The number of carbonyl (C=O) groups is 2. The molecule has 2 aromatic heterocycles. The molecular weight excluding hydrogens is 552 g/mol. The van der Waals surface area contributed by atoms with Crippen molar-refractivity contribution in [2.24, 2.45) is 4.99 Å². The molecule has 0 N–H and O–H groups in total. The molecule has 0 saturated heterocycles. The van der Waals surface area contributed by atoms with Gasteiger partial charge in [0.15, 0.2) is 22.9 Å². The number of nitrogens with zero attached hydrogens (tertiary/aromatic N) is 2. The van der Waals surface area contributed by atoms with E-state index in [4.69, 9.17) is 23.9 Å². The Morgan fingerprint density at radius 2 is 1.82 bits per heavy atom. The molecule has 0 spiro atoms. The van der Waals surface area contributed by atoms with Crippen LogP contribution in [-0.2, 0) is 19.1 Å². The van der Waals surface area contributed by atoms with Crippen LogP contribution in [0.2, 0.25) is 0 Å². The van der Waals surface area contributed by atoms with Crippen molar-refractivity contribution in [2.45, 2.75) is 46.6 Å². The van der Waals surface area contributed by atoms with Gasteiger partial charge in [0, 0.05) is 4.88 Å². The zero-order chi connectivity index (χ0) is 28.6. The Morgan fingerprint density at radius 3 is 2.50 bits per heavy atom. The molecule has 0 bridgehead atoms. The average molecular weight is 585 g/mol. The van der Waals surface area contributed by atoms with E-state index in [2.05, 4.69) is 0 Å². The van der Waals surface area contributed by atoms with Gasteiger partial charge in [0.25, 0.3) is 5.56 Å². The first-order valence-corrected chi connectivity index (χ1v) is 14.9.